The molecule has 5 nitrogen and oxygen atoms in total. The maximum Gasteiger partial charge on any atom is 0.192 e. The van der Waals surface area contributed by atoms with Gasteiger partial charge < -0.3 is 23.4 Å². The summed E-state index contributed by atoms with van der Waals surface area (Å²) in [6.07, 6.45) is -2.43. The van der Waals surface area contributed by atoms with Crippen LogP contribution < -0.4 is 0 Å². The second-order valence-electron chi connectivity index (χ2n) is 9.12. The second-order valence-corrected chi connectivity index (χ2v) is 13.9. The number of rotatable bonds is 5. The lowest BCUT2D eigenvalue weighted by Gasteiger charge is -2.51. The Kier molecular flexibility index (Phi) is 6.63. The van der Waals surface area contributed by atoms with Gasteiger partial charge in [0.05, 0.1) is 25.3 Å². The van der Waals surface area contributed by atoms with Crippen molar-refractivity contribution < 1.29 is 27.8 Å². The van der Waals surface area contributed by atoms with Crippen LogP contribution in [-0.4, -0.2) is 53.3 Å². The van der Waals surface area contributed by atoms with E-state index in [9.17, 15) is 4.39 Å². The first-order valence-electron chi connectivity index (χ1n) is 9.92. The lowest BCUT2D eigenvalue weighted by atomic mass is 9.91. The van der Waals surface area contributed by atoms with E-state index < -0.39 is 45.7 Å². The Morgan fingerprint density at radius 3 is 2.39 bits per heavy atom. The number of fused-ring (bicyclic) bond motifs is 1. The lowest BCUT2D eigenvalue weighted by Crippen LogP contribution is -2.63. The number of methoxy groups -OCH3 is 1. The summed E-state index contributed by atoms with van der Waals surface area (Å²) >= 11 is 0. The van der Waals surface area contributed by atoms with Crippen molar-refractivity contribution in [3.8, 4) is 0 Å². The van der Waals surface area contributed by atoms with Gasteiger partial charge in [0, 0.05) is 12.7 Å². The highest BCUT2D eigenvalue weighted by molar-refractivity contribution is 6.74. The summed E-state index contributed by atoms with van der Waals surface area (Å²) in [7, 11) is -0.633. The van der Waals surface area contributed by atoms with E-state index in [1.165, 1.54) is 7.11 Å². The standard InChI is InChI=1S/C21H33FO5Si/c1-21(2,3)28(5,6)27-17-15(12-22)20(23-4)25-16-13-24-19(26-18(16)17)14-10-8-7-9-11-14/h7-11,15-20H,12-13H2,1-6H3/t15-,16-,17-,18-,19-,20+/m1/s1. The zero-order valence-electron chi connectivity index (χ0n) is 17.7. The topological polar surface area (TPSA) is 46.2 Å². The number of benzene rings is 1. The van der Waals surface area contributed by atoms with Gasteiger partial charge >= 0.3 is 0 Å². The highest BCUT2D eigenvalue weighted by atomic mass is 28.4. The van der Waals surface area contributed by atoms with Gasteiger partial charge in [0.15, 0.2) is 20.9 Å². The van der Waals surface area contributed by atoms with Crippen LogP contribution in [0, 0.1) is 5.92 Å². The predicted octanol–water partition coefficient (Wildman–Crippen LogP) is 4.45. The van der Waals surface area contributed by atoms with E-state index in [1.807, 2.05) is 30.3 Å². The molecule has 0 unspecified atom stereocenters. The van der Waals surface area contributed by atoms with Gasteiger partial charge in [-0.2, -0.15) is 0 Å². The minimum atomic E-state index is -2.17. The maximum atomic E-state index is 14.1. The quantitative estimate of drug-likeness (QED) is 0.669. The van der Waals surface area contributed by atoms with Crippen LogP contribution in [0.3, 0.4) is 0 Å². The number of alkyl halides is 1. The van der Waals surface area contributed by atoms with Gasteiger partial charge in [-0.3, -0.25) is 4.39 Å². The molecule has 0 saturated carbocycles. The molecule has 158 valence electrons. The van der Waals surface area contributed by atoms with Crippen molar-refractivity contribution in [2.45, 2.75) is 69.8 Å². The summed E-state index contributed by atoms with van der Waals surface area (Å²) < 4.78 is 44.4. The van der Waals surface area contributed by atoms with Crippen molar-refractivity contribution in [1.82, 2.24) is 0 Å². The Bertz CT molecular complexity index is 635. The Morgan fingerprint density at radius 2 is 1.82 bits per heavy atom. The first-order chi connectivity index (χ1) is 13.2. The Morgan fingerprint density at radius 1 is 1.14 bits per heavy atom. The molecular weight excluding hydrogens is 379 g/mol. The van der Waals surface area contributed by atoms with Crippen molar-refractivity contribution in [2.75, 3.05) is 20.4 Å². The second kappa shape index (κ2) is 8.50. The molecule has 28 heavy (non-hydrogen) atoms. The van der Waals surface area contributed by atoms with Crippen LogP contribution in [0.2, 0.25) is 18.1 Å². The van der Waals surface area contributed by atoms with E-state index in [4.69, 9.17) is 23.4 Å². The summed E-state index contributed by atoms with van der Waals surface area (Å²) in [5.74, 6) is -0.546. The number of ether oxygens (including phenoxy) is 4. The maximum absolute atomic E-state index is 14.1. The fourth-order valence-corrected chi connectivity index (χ4v) is 4.81. The molecule has 2 fully saturated rings. The third-order valence-electron chi connectivity index (χ3n) is 6.18. The normalized spacial score (nSPS) is 34.1. The zero-order chi connectivity index (χ0) is 20.5. The predicted molar refractivity (Wildman–Crippen MR) is 107 cm³/mol. The van der Waals surface area contributed by atoms with Crippen LogP contribution in [0.15, 0.2) is 30.3 Å². The van der Waals surface area contributed by atoms with E-state index in [2.05, 4.69) is 33.9 Å². The van der Waals surface area contributed by atoms with Crippen LogP contribution in [0.25, 0.3) is 0 Å². The molecule has 1 aromatic rings. The third-order valence-corrected chi connectivity index (χ3v) is 10.7. The van der Waals surface area contributed by atoms with Crippen LogP contribution in [0.5, 0.6) is 0 Å². The Labute approximate surface area is 168 Å². The molecule has 1 aromatic carbocycles. The third kappa shape index (κ3) is 4.34. The number of hydrogen-bond acceptors (Lipinski definition) is 5. The average molecular weight is 413 g/mol. The van der Waals surface area contributed by atoms with Crippen LogP contribution in [0.4, 0.5) is 4.39 Å². The molecule has 2 saturated heterocycles. The Balaban J connectivity index is 1.89. The van der Waals surface area contributed by atoms with E-state index in [0.29, 0.717) is 6.61 Å². The fraction of sp³-hybridized carbons (Fsp3) is 0.714. The summed E-state index contributed by atoms with van der Waals surface area (Å²) in [6, 6.07) is 9.76. The molecule has 2 aliphatic rings. The molecule has 2 aliphatic heterocycles. The molecule has 2 heterocycles. The van der Waals surface area contributed by atoms with Gasteiger partial charge in [0.25, 0.3) is 0 Å². The molecule has 0 aromatic heterocycles. The Hall–Kier alpha value is -0.833. The largest absolute Gasteiger partial charge is 0.411 e. The molecule has 0 spiro atoms. The molecule has 0 radical (unpaired) electrons. The van der Waals surface area contributed by atoms with Crippen LogP contribution in [-0.2, 0) is 23.4 Å². The first kappa shape index (κ1) is 21.9. The zero-order valence-corrected chi connectivity index (χ0v) is 18.7. The smallest absolute Gasteiger partial charge is 0.192 e. The van der Waals surface area contributed by atoms with Gasteiger partial charge in [-0.1, -0.05) is 51.1 Å². The van der Waals surface area contributed by atoms with Gasteiger partial charge in [-0.25, -0.2) is 0 Å². The van der Waals surface area contributed by atoms with Crippen molar-refractivity contribution in [2.24, 2.45) is 5.92 Å². The molecule has 0 N–H and O–H groups in total. The SMILES string of the molecule is CO[C@H]1O[C@@H]2CO[C@@H](c3ccccc3)O[C@H]2[C@H](O[Si](C)(C)C(C)(C)C)[C@H]1CF. The van der Waals surface area contributed by atoms with Crippen molar-refractivity contribution >= 4 is 8.32 Å². The summed E-state index contributed by atoms with van der Waals surface area (Å²) in [6.45, 7) is 10.6. The first-order valence-corrected chi connectivity index (χ1v) is 12.8. The summed E-state index contributed by atoms with van der Waals surface area (Å²) in [4.78, 5) is 0. The van der Waals surface area contributed by atoms with Crippen LogP contribution in [0.1, 0.15) is 32.6 Å². The van der Waals surface area contributed by atoms with Crippen LogP contribution >= 0.6 is 0 Å². The van der Waals surface area contributed by atoms with Gasteiger partial charge in [0.1, 0.15) is 12.2 Å². The van der Waals surface area contributed by atoms with Gasteiger partial charge in [-0.05, 0) is 18.1 Å². The molecule has 0 bridgehead atoms. The highest BCUT2D eigenvalue weighted by Gasteiger charge is 2.53. The minimum Gasteiger partial charge on any atom is -0.411 e. The van der Waals surface area contributed by atoms with Gasteiger partial charge in [-0.15, -0.1) is 0 Å². The minimum absolute atomic E-state index is 0.00572. The van der Waals surface area contributed by atoms with Gasteiger partial charge in [0.2, 0.25) is 0 Å². The molecule has 3 rings (SSSR count). The molecular formula is C21H33FO5Si. The molecule has 7 heteroatoms. The molecule has 0 aliphatic carbocycles. The van der Waals surface area contributed by atoms with Crippen molar-refractivity contribution in [3.63, 3.8) is 0 Å². The fourth-order valence-electron chi connectivity index (χ4n) is 3.47. The lowest BCUT2D eigenvalue weighted by molar-refractivity contribution is -0.349. The van der Waals surface area contributed by atoms with E-state index in [0.717, 1.165) is 5.56 Å². The summed E-state index contributed by atoms with van der Waals surface area (Å²) in [5, 5.41) is -0.00572. The monoisotopic (exact) mass is 412 g/mol. The molecule has 0 amide bonds. The summed E-state index contributed by atoms with van der Waals surface area (Å²) in [5.41, 5.74) is 0.928. The average Bonchev–Trinajstić information content (AvgIpc) is 2.67. The van der Waals surface area contributed by atoms with E-state index in [-0.39, 0.29) is 11.1 Å². The number of halogens is 1. The van der Waals surface area contributed by atoms with Crippen molar-refractivity contribution in [3.05, 3.63) is 35.9 Å². The highest BCUT2D eigenvalue weighted by Crippen LogP contribution is 2.43. The van der Waals surface area contributed by atoms with E-state index >= 15 is 0 Å². The molecule has 6 atom stereocenters. The van der Waals surface area contributed by atoms with E-state index in [1.54, 1.807) is 0 Å². The van der Waals surface area contributed by atoms with Crippen molar-refractivity contribution in [1.29, 1.82) is 0 Å². The number of hydrogen-bond donors (Lipinski definition) is 0.